The fourth-order valence-electron chi connectivity index (χ4n) is 1.67. The van der Waals surface area contributed by atoms with Gasteiger partial charge in [0.25, 0.3) is 0 Å². The predicted molar refractivity (Wildman–Crippen MR) is 88.4 cm³/mol. The standard InChI is InChI=1S/C15H17NO2S2/c1-3-9-18-13-8-6-5-7-11(13)10-12-14(17)20-15(16-12)19-4-2/h5-8,10H,3-4,9H2,1-2H3/b12-10-. The molecule has 0 fully saturated rings. The topological polar surface area (TPSA) is 38.7 Å². The average molecular weight is 307 g/mol. The van der Waals surface area contributed by atoms with Crippen molar-refractivity contribution in [3.63, 3.8) is 0 Å². The van der Waals surface area contributed by atoms with Gasteiger partial charge in [0.2, 0.25) is 5.12 Å². The quantitative estimate of drug-likeness (QED) is 0.764. The van der Waals surface area contributed by atoms with Gasteiger partial charge >= 0.3 is 0 Å². The fraction of sp³-hybridized carbons (Fsp3) is 0.333. The maximum Gasteiger partial charge on any atom is 0.244 e. The number of ether oxygens (including phenoxy) is 1. The summed E-state index contributed by atoms with van der Waals surface area (Å²) >= 11 is 2.80. The molecule has 5 heteroatoms. The highest BCUT2D eigenvalue weighted by Crippen LogP contribution is 2.32. The molecule has 0 saturated heterocycles. The van der Waals surface area contributed by atoms with Gasteiger partial charge in [-0.05, 0) is 36.1 Å². The van der Waals surface area contributed by atoms with E-state index in [1.165, 1.54) is 11.8 Å². The van der Waals surface area contributed by atoms with E-state index in [4.69, 9.17) is 4.74 Å². The summed E-state index contributed by atoms with van der Waals surface area (Å²) in [4.78, 5) is 16.3. The van der Waals surface area contributed by atoms with Crippen LogP contribution in [0, 0.1) is 0 Å². The number of rotatable bonds is 5. The lowest BCUT2D eigenvalue weighted by atomic mass is 10.1. The van der Waals surface area contributed by atoms with Crippen molar-refractivity contribution < 1.29 is 9.53 Å². The van der Waals surface area contributed by atoms with E-state index >= 15 is 0 Å². The van der Waals surface area contributed by atoms with Gasteiger partial charge in [-0.1, -0.05) is 43.8 Å². The molecule has 1 heterocycles. The first-order chi connectivity index (χ1) is 9.74. The van der Waals surface area contributed by atoms with Gasteiger partial charge in [-0.3, -0.25) is 4.79 Å². The highest BCUT2D eigenvalue weighted by molar-refractivity contribution is 8.45. The van der Waals surface area contributed by atoms with Crippen LogP contribution in [0.2, 0.25) is 0 Å². The summed E-state index contributed by atoms with van der Waals surface area (Å²) in [6.45, 7) is 4.79. The average Bonchev–Trinajstić information content (AvgIpc) is 2.78. The maximum atomic E-state index is 11.9. The summed E-state index contributed by atoms with van der Waals surface area (Å²) in [7, 11) is 0. The summed E-state index contributed by atoms with van der Waals surface area (Å²) in [5, 5.41) is 0.00578. The third-order valence-corrected chi connectivity index (χ3v) is 4.43. The Morgan fingerprint density at radius 3 is 2.90 bits per heavy atom. The van der Waals surface area contributed by atoms with Gasteiger partial charge in [0, 0.05) is 5.56 Å². The van der Waals surface area contributed by atoms with E-state index in [2.05, 4.69) is 11.9 Å². The van der Waals surface area contributed by atoms with Gasteiger partial charge in [-0.25, -0.2) is 4.99 Å². The highest BCUT2D eigenvalue weighted by Gasteiger charge is 2.22. The number of hydrogen-bond donors (Lipinski definition) is 0. The normalized spacial score (nSPS) is 16.6. The zero-order chi connectivity index (χ0) is 14.4. The molecule has 0 amide bonds. The van der Waals surface area contributed by atoms with Gasteiger partial charge in [0.1, 0.15) is 15.8 Å². The third kappa shape index (κ3) is 3.90. The van der Waals surface area contributed by atoms with E-state index in [-0.39, 0.29) is 5.12 Å². The molecule has 0 spiro atoms. The van der Waals surface area contributed by atoms with Crippen LogP contribution in [0.5, 0.6) is 5.75 Å². The van der Waals surface area contributed by atoms with E-state index < -0.39 is 0 Å². The molecule has 3 nitrogen and oxygen atoms in total. The molecule has 0 radical (unpaired) electrons. The Bertz CT molecular complexity index is 553. The lowest BCUT2D eigenvalue weighted by molar-refractivity contribution is -0.107. The number of benzene rings is 1. The first kappa shape index (κ1) is 15.2. The number of nitrogens with zero attached hydrogens (tertiary/aromatic N) is 1. The van der Waals surface area contributed by atoms with Crippen LogP contribution in [-0.4, -0.2) is 21.9 Å². The van der Waals surface area contributed by atoms with Crippen LogP contribution in [0.3, 0.4) is 0 Å². The van der Waals surface area contributed by atoms with Crippen molar-refractivity contribution >= 4 is 39.1 Å². The van der Waals surface area contributed by atoms with Crippen molar-refractivity contribution in [3.8, 4) is 5.75 Å². The second-order valence-electron chi connectivity index (χ2n) is 4.12. The Labute approximate surface area is 127 Å². The third-order valence-electron chi connectivity index (χ3n) is 2.54. The highest BCUT2D eigenvalue weighted by atomic mass is 32.2. The summed E-state index contributed by atoms with van der Waals surface area (Å²) < 4.78 is 6.52. The lowest BCUT2D eigenvalue weighted by Gasteiger charge is -2.07. The van der Waals surface area contributed by atoms with Crippen LogP contribution in [0.1, 0.15) is 25.8 Å². The Hall–Kier alpha value is -1.20. The summed E-state index contributed by atoms with van der Waals surface area (Å²) in [5.41, 5.74) is 1.40. The van der Waals surface area contributed by atoms with Crippen LogP contribution in [0.15, 0.2) is 35.0 Å². The van der Waals surface area contributed by atoms with Gasteiger partial charge in [-0.15, -0.1) is 0 Å². The van der Waals surface area contributed by atoms with Gasteiger partial charge in [-0.2, -0.15) is 0 Å². The van der Waals surface area contributed by atoms with Crippen LogP contribution in [0.25, 0.3) is 6.08 Å². The second-order valence-corrected chi connectivity index (χ2v) is 6.59. The molecule has 0 bridgehead atoms. The minimum atomic E-state index is 0.00578. The van der Waals surface area contributed by atoms with Gasteiger partial charge < -0.3 is 4.74 Å². The molecule has 0 unspecified atom stereocenters. The monoisotopic (exact) mass is 307 g/mol. The Morgan fingerprint density at radius 2 is 2.15 bits per heavy atom. The zero-order valence-electron chi connectivity index (χ0n) is 11.6. The second kappa shape index (κ2) is 7.55. The first-order valence-electron chi connectivity index (χ1n) is 6.61. The Morgan fingerprint density at radius 1 is 1.35 bits per heavy atom. The van der Waals surface area contributed by atoms with Gasteiger partial charge in [0.15, 0.2) is 0 Å². The molecule has 2 rings (SSSR count). The van der Waals surface area contributed by atoms with E-state index in [1.54, 1.807) is 11.8 Å². The van der Waals surface area contributed by atoms with E-state index in [1.807, 2.05) is 37.3 Å². The molecule has 1 aliphatic heterocycles. The molecule has 1 aliphatic rings. The molecule has 0 saturated carbocycles. The number of para-hydroxylation sites is 1. The zero-order valence-corrected chi connectivity index (χ0v) is 13.2. The molecular formula is C15H17NO2S2. The van der Waals surface area contributed by atoms with Crippen LogP contribution in [-0.2, 0) is 4.79 Å². The van der Waals surface area contributed by atoms with Crippen molar-refractivity contribution in [2.45, 2.75) is 20.3 Å². The maximum absolute atomic E-state index is 11.9. The van der Waals surface area contributed by atoms with E-state index in [0.717, 1.165) is 27.9 Å². The van der Waals surface area contributed by atoms with Crippen molar-refractivity contribution in [2.24, 2.45) is 4.99 Å². The molecular weight excluding hydrogens is 290 g/mol. The molecule has 1 aromatic carbocycles. The molecule has 0 N–H and O–H groups in total. The SMILES string of the molecule is CCCOc1ccccc1/C=C1\N=C(SCC)SC1=O. The molecule has 1 aromatic rings. The van der Waals surface area contributed by atoms with Gasteiger partial charge in [0.05, 0.1) is 6.61 Å². The Kier molecular flexibility index (Phi) is 5.73. The van der Waals surface area contributed by atoms with Crippen LogP contribution < -0.4 is 4.74 Å². The van der Waals surface area contributed by atoms with Crippen molar-refractivity contribution in [1.82, 2.24) is 0 Å². The Balaban J connectivity index is 2.24. The predicted octanol–water partition coefficient (Wildman–Crippen LogP) is 4.20. The van der Waals surface area contributed by atoms with Crippen LogP contribution in [0.4, 0.5) is 0 Å². The van der Waals surface area contributed by atoms with E-state index in [0.29, 0.717) is 12.3 Å². The summed E-state index contributed by atoms with van der Waals surface area (Å²) in [5.74, 6) is 1.72. The first-order valence-corrected chi connectivity index (χ1v) is 8.42. The van der Waals surface area contributed by atoms with Crippen molar-refractivity contribution in [1.29, 1.82) is 0 Å². The number of aliphatic imine (C=N–C) groups is 1. The molecule has 106 valence electrons. The molecule has 20 heavy (non-hydrogen) atoms. The lowest BCUT2D eigenvalue weighted by Crippen LogP contribution is -1.97. The van der Waals surface area contributed by atoms with Crippen LogP contribution >= 0.6 is 23.5 Å². The molecule has 0 aromatic heterocycles. The minimum Gasteiger partial charge on any atom is -0.493 e. The number of thioether (sulfide) groups is 2. The number of hydrogen-bond acceptors (Lipinski definition) is 5. The molecule has 0 aliphatic carbocycles. The fourth-order valence-corrected chi connectivity index (χ4v) is 3.40. The van der Waals surface area contributed by atoms with E-state index in [9.17, 15) is 4.79 Å². The van der Waals surface area contributed by atoms with Crippen molar-refractivity contribution in [2.75, 3.05) is 12.4 Å². The summed E-state index contributed by atoms with van der Waals surface area (Å²) in [6.07, 6.45) is 2.76. The smallest absolute Gasteiger partial charge is 0.244 e. The largest absolute Gasteiger partial charge is 0.493 e. The summed E-state index contributed by atoms with van der Waals surface area (Å²) in [6, 6.07) is 7.72. The minimum absolute atomic E-state index is 0.00578. The number of carbonyl (C=O) groups excluding carboxylic acids is 1. The van der Waals surface area contributed by atoms with Crippen molar-refractivity contribution in [3.05, 3.63) is 35.5 Å². The molecule has 0 atom stereocenters. The number of carbonyl (C=O) groups is 1.